The molecule has 0 amide bonds. The molecule has 284 valence electrons. The molecule has 0 aliphatic carbocycles. The van der Waals surface area contributed by atoms with Gasteiger partial charge in [-0.25, -0.2) is 0 Å². The normalized spacial score (nSPS) is 12.8. The number of thiophene rings is 1. The summed E-state index contributed by atoms with van der Waals surface area (Å²) in [6.07, 6.45) is 3.40. The smallest absolute Gasteiger partial charge is 0.333 e. The van der Waals surface area contributed by atoms with Crippen LogP contribution in [0.5, 0.6) is 0 Å². The molecule has 12 rings (SSSR count). The van der Waals surface area contributed by atoms with Gasteiger partial charge >= 0.3 is 6.85 Å². The van der Waals surface area contributed by atoms with Crippen LogP contribution in [0, 0.1) is 0 Å². The van der Waals surface area contributed by atoms with E-state index in [0.717, 1.165) is 6.42 Å². The van der Waals surface area contributed by atoms with Crippen molar-refractivity contribution in [2.75, 3.05) is 9.71 Å². The Labute approximate surface area is 355 Å². The van der Waals surface area contributed by atoms with E-state index >= 15 is 0 Å². The minimum absolute atomic E-state index is 0.0876. The molecule has 2 nitrogen and oxygen atoms in total. The first-order valence-electron chi connectivity index (χ1n) is 21.3. The first kappa shape index (κ1) is 35.1. The number of benzene rings is 9. The molecule has 0 saturated heterocycles. The van der Waals surface area contributed by atoms with Gasteiger partial charge in [-0.15, -0.1) is 11.3 Å². The molecule has 4 heteroatoms. The van der Waals surface area contributed by atoms with E-state index < -0.39 is 0 Å². The lowest BCUT2D eigenvalue weighted by atomic mass is 9.43. The number of fused-ring (bicyclic) bond motifs is 9. The van der Waals surface area contributed by atoms with Crippen molar-refractivity contribution in [2.24, 2.45) is 0 Å². The predicted molar refractivity (Wildman–Crippen MR) is 260 cm³/mol. The van der Waals surface area contributed by atoms with Crippen molar-refractivity contribution in [3.05, 3.63) is 200 Å². The molecule has 3 heterocycles. The summed E-state index contributed by atoms with van der Waals surface area (Å²) in [5.74, 6) is 0. The van der Waals surface area contributed by atoms with Crippen molar-refractivity contribution in [3.8, 4) is 33.4 Å². The fraction of sp³-hybridized carbons (Fsp3) is 0.0714. The van der Waals surface area contributed by atoms with Gasteiger partial charge in [0.2, 0.25) is 0 Å². The molecular weight excluding hydrogens is 744 g/mol. The van der Waals surface area contributed by atoms with Crippen molar-refractivity contribution in [2.45, 2.75) is 26.2 Å². The Bertz CT molecular complexity index is 3270. The van der Waals surface area contributed by atoms with Crippen LogP contribution in [-0.2, 0) is 6.42 Å². The SMILES string of the molecule is CCCCc1ccc(N2c3cc4sc5ccccc5c4cc3B3c4c(cc5ccccc5c42)-c2cc(-c4ccccc4)ccc2N3c2ccccc2)c(-c2ccccc2)c1. The molecule has 9 aromatic carbocycles. The van der Waals surface area contributed by atoms with Gasteiger partial charge in [-0.3, -0.25) is 0 Å². The Balaban J connectivity index is 1.24. The Morgan fingerprint density at radius 2 is 1.18 bits per heavy atom. The number of nitrogens with zero attached hydrogens (tertiary/aromatic N) is 2. The van der Waals surface area contributed by atoms with Crippen molar-refractivity contribution in [1.82, 2.24) is 0 Å². The fourth-order valence-corrected chi connectivity index (χ4v) is 11.1. The maximum atomic E-state index is 2.65. The Hall–Kier alpha value is -6.88. The van der Waals surface area contributed by atoms with Gasteiger partial charge in [-0.2, -0.15) is 0 Å². The van der Waals surface area contributed by atoms with Crippen LogP contribution in [0.2, 0.25) is 0 Å². The largest absolute Gasteiger partial charge is 0.376 e. The second-order valence-corrected chi connectivity index (χ2v) is 17.4. The van der Waals surface area contributed by atoms with Gasteiger partial charge < -0.3 is 9.71 Å². The molecule has 1 aromatic heterocycles. The molecule has 2 aliphatic heterocycles. The standard InChI is InChI=1S/C56H41BN2S/c1-2-3-17-37-28-30-50(45(32-37)39-20-9-5-10-21-39)58-52-36-54-47(44-26-15-16-27-53(44)60-54)35-49(52)57-55-48(34-41-22-13-14-25-43(41)56(55)58)46-33-40(38-18-7-4-8-19-38)29-31-51(46)59(57)42-23-11-6-12-24-42/h4-16,18-36H,2-3,17H2,1H3. The number of unbranched alkanes of at least 4 members (excludes halogenated alkanes) is 1. The summed E-state index contributed by atoms with van der Waals surface area (Å²) in [5.41, 5.74) is 17.6. The highest BCUT2D eigenvalue weighted by Crippen LogP contribution is 2.52. The fourth-order valence-electron chi connectivity index (χ4n) is 10.0. The van der Waals surface area contributed by atoms with Gasteiger partial charge in [-0.05, 0) is 112 Å². The quantitative estimate of drug-likeness (QED) is 0.149. The van der Waals surface area contributed by atoms with Crippen LogP contribution < -0.4 is 20.6 Å². The predicted octanol–water partition coefficient (Wildman–Crippen LogP) is 14.6. The minimum Gasteiger partial charge on any atom is -0.376 e. The molecule has 0 bridgehead atoms. The zero-order valence-electron chi connectivity index (χ0n) is 33.5. The number of rotatable bonds is 7. The van der Waals surface area contributed by atoms with Gasteiger partial charge in [0.05, 0.1) is 11.4 Å². The number of para-hydroxylation sites is 1. The zero-order chi connectivity index (χ0) is 39.7. The summed E-state index contributed by atoms with van der Waals surface area (Å²) in [6, 6.07) is 72.9. The van der Waals surface area contributed by atoms with E-state index in [1.165, 1.54) is 122 Å². The molecular formula is C56H41BN2S. The molecule has 0 unspecified atom stereocenters. The van der Waals surface area contributed by atoms with Gasteiger partial charge in [0.15, 0.2) is 0 Å². The molecule has 0 saturated carbocycles. The van der Waals surface area contributed by atoms with Crippen LogP contribution in [0.15, 0.2) is 194 Å². The molecule has 0 spiro atoms. The lowest BCUT2D eigenvalue weighted by Crippen LogP contribution is -2.61. The van der Waals surface area contributed by atoms with Crippen molar-refractivity contribution >= 4 is 88.5 Å². The van der Waals surface area contributed by atoms with E-state index in [1.807, 2.05) is 11.3 Å². The van der Waals surface area contributed by atoms with Crippen LogP contribution >= 0.6 is 11.3 Å². The van der Waals surface area contributed by atoms with E-state index in [-0.39, 0.29) is 6.85 Å². The second-order valence-electron chi connectivity index (χ2n) is 16.3. The second kappa shape index (κ2) is 14.1. The summed E-state index contributed by atoms with van der Waals surface area (Å²) in [7, 11) is 0. The molecule has 0 radical (unpaired) electrons. The average molecular weight is 785 g/mol. The van der Waals surface area contributed by atoms with Crippen LogP contribution in [-0.4, -0.2) is 6.85 Å². The highest BCUT2D eigenvalue weighted by molar-refractivity contribution is 7.26. The summed E-state index contributed by atoms with van der Waals surface area (Å²) < 4.78 is 2.62. The summed E-state index contributed by atoms with van der Waals surface area (Å²) in [4.78, 5) is 5.28. The van der Waals surface area contributed by atoms with Gasteiger partial charge in [0.25, 0.3) is 0 Å². The van der Waals surface area contributed by atoms with E-state index in [0.29, 0.717) is 0 Å². The van der Waals surface area contributed by atoms with Crippen LogP contribution in [0.25, 0.3) is 64.3 Å². The highest BCUT2D eigenvalue weighted by atomic mass is 32.1. The van der Waals surface area contributed by atoms with Gasteiger partial charge in [-0.1, -0.05) is 153 Å². The summed E-state index contributed by atoms with van der Waals surface area (Å²) >= 11 is 1.90. The molecule has 2 aliphatic rings. The molecule has 10 aromatic rings. The Morgan fingerprint density at radius 3 is 1.98 bits per heavy atom. The van der Waals surface area contributed by atoms with E-state index in [9.17, 15) is 0 Å². The molecule has 0 atom stereocenters. The number of aryl methyl sites for hydroxylation is 1. The van der Waals surface area contributed by atoms with Crippen molar-refractivity contribution in [1.29, 1.82) is 0 Å². The van der Waals surface area contributed by atoms with E-state index in [2.05, 4.69) is 211 Å². The Kier molecular flexibility index (Phi) is 8.28. The summed E-state index contributed by atoms with van der Waals surface area (Å²) in [6.45, 7) is 2.20. The third kappa shape index (κ3) is 5.48. The van der Waals surface area contributed by atoms with Crippen LogP contribution in [0.1, 0.15) is 25.3 Å². The van der Waals surface area contributed by atoms with Crippen molar-refractivity contribution < 1.29 is 0 Å². The maximum Gasteiger partial charge on any atom is 0.333 e. The van der Waals surface area contributed by atoms with Gasteiger partial charge in [0, 0.05) is 53.7 Å². The number of hydrogen-bond donors (Lipinski definition) is 0. The first-order chi connectivity index (χ1) is 29.7. The first-order valence-corrected chi connectivity index (χ1v) is 22.1. The third-order valence-corrected chi connectivity index (χ3v) is 13.9. The maximum absolute atomic E-state index is 2.65. The zero-order valence-corrected chi connectivity index (χ0v) is 34.3. The number of anilines is 5. The Morgan fingerprint density at radius 1 is 0.483 bits per heavy atom. The molecule has 60 heavy (non-hydrogen) atoms. The van der Waals surface area contributed by atoms with Crippen LogP contribution in [0.3, 0.4) is 0 Å². The third-order valence-electron chi connectivity index (χ3n) is 12.8. The molecule has 0 fully saturated rings. The lowest BCUT2D eigenvalue weighted by molar-refractivity contribution is 0.795. The van der Waals surface area contributed by atoms with Crippen LogP contribution in [0.4, 0.5) is 28.4 Å². The summed E-state index contributed by atoms with van der Waals surface area (Å²) in [5, 5.41) is 5.13. The number of hydrogen-bond acceptors (Lipinski definition) is 3. The van der Waals surface area contributed by atoms with Crippen molar-refractivity contribution in [3.63, 3.8) is 0 Å². The molecule has 0 N–H and O–H groups in total. The minimum atomic E-state index is -0.0876. The topological polar surface area (TPSA) is 6.48 Å². The van der Waals surface area contributed by atoms with E-state index in [1.54, 1.807) is 0 Å². The van der Waals surface area contributed by atoms with E-state index in [4.69, 9.17) is 0 Å². The highest BCUT2D eigenvalue weighted by Gasteiger charge is 2.46. The average Bonchev–Trinajstić information content (AvgIpc) is 3.68. The van der Waals surface area contributed by atoms with Gasteiger partial charge in [0.1, 0.15) is 0 Å². The lowest BCUT2D eigenvalue weighted by Gasteiger charge is -2.46. The monoisotopic (exact) mass is 784 g/mol.